The summed E-state index contributed by atoms with van der Waals surface area (Å²) in [5.74, 6) is -0.545. The number of morpholine rings is 1. The lowest BCUT2D eigenvalue weighted by molar-refractivity contribution is -0.137. The van der Waals surface area contributed by atoms with Crippen LogP contribution in [0.25, 0.3) is 11.4 Å². The number of carbonyl (C=O) groups is 1. The summed E-state index contributed by atoms with van der Waals surface area (Å²) in [4.78, 5) is 17.6. The topological polar surface area (TPSA) is 68.5 Å². The van der Waals surface area contributed by atoms with Crippen molar-refractivity contribution in [3.63, 3.8) is 0 Å². The zero-order valence-electron chi connectivity index (χ0n) is 11.8. The summed E-state index contributed by atoms with van der Waals surface area (Å²) in [6, 6.07) is 4.32. The third kappa shape index (κ3) is 3.34. The minimum absolute atomic E-state index is 0.0651. The third-order valence-electron chi connectivity index (χ3n) is 3.38. The molecule has 0 N–H and O–H groups in total. The fraction of sp³-hybridized carbons (Fsp3) is 0.357. The molecule has 9 heteroatoms. The summed E-state index contributed by atoms with van der Waals surface area (Å²) in [6.07, 6.45) is -4.41. The van der Waals surface area contributed by atoms with Crippen molar-refractivity contribution in [1.29, 1.82) is 0 Å². The van der Waals surface area contributed by atoms with Gasteiger partial charge in [-0.2, -0.15) is 18.2 Å². The lowest BCUT2D eigenvalue weighted by atomic mass is 10.1. The second kappa shape index (κ2) is 5.99. The number of halogens is 3. The lowest BCUT2D eigenvalue weighted by Gasteiger charge is -2.25. The molecule has 1 aromatic carbocycles. The lowest BCUT2D eigenvalue weighted by Crippen LogP contribution is -2.40. The van der Waals surface area contributed by atoms with Gasteiger partial charge in [-0.05, 0) is 12.1 Å². The van der Waals surface area contributed by atoms with E-state index in [1.54, 1.807) is 0 Å². The van der Waals surface area contributed by atoms with Crippen LogP contribution in [0.2, 0.25) is 0 Å². The summed E-state index contributed by atoms with van der Waals surface area (Å²) in [7, 11) is 0. The van der Waals surface area contributed by atoms with Gasteiger partial charge < -0.3 is 14.2 Å². The van der Waals surface area contributed by atoms with Crippen LogP contribution in [0.5, 0.6) is 0 Å². The quantitative estimate of drug-likeness (QED) is 0.846. The number of hydrogen-bond acceptors (Lipinski definition) is 5. The van der Waals surface area contributed by atoms with Crippen LogP contribution in [0, 0.1) is 0 Å². The Hall–Kier alpha value is -2.42. The molecule has 1 aliphatic rings. The van der Waals surface area contributed by atoms with E-state index in [1.165, 1.54) is 17.0 Å². The highest BCUT2D eigenvalue weighted by atomic mass is 19.4. The maximum atomic E-state index is 12.5. The molecule has 6 nitrogen and oxygen atoms in total. The van der Waals surface area contributed by atoms with Gasteiger partial charge >= 0.3 is 18.0 Å². The van der Waals surface area contributed by atoms with Crippen LogP contribution in [0.1, 0.15) is 16.2 Å². The van der Waals surface area contributed by atoms with E-state index in [1.807, 2.05) is 0 Å². The molecule has 3 rings (SSSR count). The van der Waals surface area contributed by atoms with Crippen molar-refractivity contribution in [2.75, 3.05) is 26.3 Å². The molecule has 0 saturated carbocycles. The number of amides is 1. The van der Waals surface area contributed by atoms with Gasteiger partial charge in [0.1, 0.15) is 0 Å². The standard InChI is InChI=1S/C14H12F3N3O3/c15-14(16,17)10-3-1-9(2-4-10)11-18-12(23-19-11)13(21)20-5-7-22-8-6-20/h1-4H,5-8H2. The van der Waals surface area contributed by atoms with E-state index < -0.39 is 17.6 Å². The van der Waals surface area contributed by atoms with E-state index in [-0.39, 0.29) is 11.7 Å². The summed E-state index contributed by atoms with van der Waals surface area (Å²) in [6.45, 7) is 1.73. The average molecular weight is 327 g/mol. The molecule has 0 aliphatic carbocycles. The molecule has 0 bridgehead atoms. The molecule has 0 atom stereocenters. The largest absolute Gasteiger partial charge is 0.416 e. The molecule has 0 unspecified atom stereocenters. The Balaban J connectivity index is 1.77. The predicted octanol–water partition coefficient (Wildman–Crippen LogP) is 2.23. The van der Waals surface area contributed by atoms with E-state index in [4.69, 9.17) is 9.26 Å². The molecule has 2 heterocycles. The van der Waals surface area contributed by atoms with Crippen LogP contribution in [-0.2, 0) is 10.9 Å². The smallest absolute Gasteiger partial charge is 0.378 e. The van der Waals surface area contributed by atoms with Crippen molar-refractivity contribution in [3.8, 4) is 11.4 Å². The minimum atomic E-state index is -4.41. The van der Waals surface area contributed by atoms with E-state index in [2.05, 4.69) is 10.1 Å². The van der Waals surface area contributed by atoms with E-state index in [9.17, 15) is 18.0 Å². The van der Waals surface area contributed by atoms with Gasteiger partial charge in [-0.3, -0.25) is 4.79 Å². The molecule has 1 aliphatic heterocycles. The van der Waals surface area contributed by atoms with Crippen molar-refractivity contribution < 1.29 is 27.2 Å². The van der Waals surface area contributed by atoms with Crippen molar-refractivity contribution >= 4 is 5.91 Å². The first-order chi connectivity index (χ1) is 10.9. The Labute approximate surface area is 128 Å². The second-order valence-electron chi connectivity index (χ2n) is 4.90. The number of benzene rings is 1. The summed E-state index contributed by atoms with van der Waals surface area (Å²) >= 11 is 0. The molecule has 1 aromatic heterocycles. The summed E-state index contributed by atoms with van der Waals surface area (Å²) in [5.41, 5.74) is -0.433. The Morgan fingerprint density at radius 1 is 1.13 bits per heavy atom. The van der Waals surface area contributed by atoms with Gasteiger partial charge in [0.2, 0.25) is 5.82 Å². The number of ether oxygens (including phenoxy) is 1. The van der Waals surface area contributed by atoms with Crippen LogP contribution in [-0.4, -0.2) is 47.3 Å². The molecule has 1 amide bonds. The Morgan fingerprint density at radius 3 is 2.39 bits per heavy atom. The van der Waals surface area contributed by atoms with Gasteiger partial charge in [0.15, 0.2) is 0 Å². The predicted molar refractivity (Wildman–Crippen MR) is 71.5 cm³/mol. The maximum Gasteiger partial charge on any atom is 0.416 e. The van der Waals surface area contributed by atoms with E-state index in [0.29, 0.717) is 31.9 Å². The third-order valence-corrected chi connectivity index (χ3v) is 3.38. The fourth-order valence-corrected chi connectivity index (χ4v) is 2.14. The van der Waals surface area contributed by atoms with Crippen LogP contribution >= 0.6 is 0 Å². The van der Waals surface area contributed by atoms with Crippen LogP contribution in [0.15, 0.2) is 28.8 Å². The monoisotopic (exact) mass is 327 g/mol. The second-order valence-corrected chi connectivity index (χ2v) is 4.90. The van der Waals surface area contributed by atoms with Crippen LogP contribution < -0.4 is 0 Å². The molecule has 1 saturated heterocycles. The van der Waals surface area contributed by atoms with Crippen LogP contribution in [0.3, 0.4) is 0 Å². The Kier molecular flexibility index (Phi) is 4.03. The highest BCUT2D eigenvalue weighted by Gasteiger charge is 2.30. The maximum absolute atomic E-state index is 12.5. The number of alkyl halides is 3. The first-order valence-corrected chi connectivity index (χ1v) is 6.83. The first kappa shape index (κ1) is 15.5. The average Bonchev–Trinajstić information content (AvgIpc) is 3.04. The Morgan fingerprint density at radius 2 is 1.78 bits per heavy atom. The molecule has 0 radical (unpaired) electrons. The summed E-state index contributed by atoms with van der Waals surface area (Å²) < 4.78 is 47.6. The molecule has 23 heavy (non-hydrogen) atoms. The number of aromatic nitrogens is 2. The summed E-state index contributed by atoms with van der Waals surface area (Å²) in [5, 5.41) is 3.65. The fourth-order valence-electron chi connectivity index (χ4n) is 2.14. The number of carbonyl (C=O) groups excluding carboxylic acids is 1. The molecule has 0 spiro atoms. The highest BCUT2D eigenvalue weighted by Crippen LogP contribution is 2.30. The molecular weight excluding hydrogens is 315 g/mol. The van der Waals surface area contributed by atoms with Gasteiger partial charge in [-0.15, -0.1) is 0 Å². The SMILES string of the molecule is O=C(c1nc(-c2ccc(C(F)(F)F)cc2)no1)N1CCOCC1. The Bertz CT molecular complexity index is 691. The number of hydrogen-bond donors (Lipinski definition) is 0. The normalized spacial score (nSPS) is 15.7. The van der Waals surface area contributed by atoms with Gasteiger partial charge in [-0.1, -0.05) is 17.3 Å². The molecular formula is C14H12F3N3O3. The van der Waals surface area contributed by atoms with Gasteiger partial charge in [0.25, 0.3) is 0 Å². The highest BCUT2D eigenvalue weighted by molar-refractivity contribution is 5.90. The minimum Gasteiger partial charge on any atom is -0.378 e. The molecule has 122 valence electrons. The van der Waals surface area contributed by atoms with Gasteiger partial charge in [0, 0.05) is 18.7 Å². The number of nitrogens with zero attached hydrogens (tertiary/aromatic N) is 3. The zero-order valence-corrected chi connectivity index (χ0v) is 11.8. The zero-order chi connectivity index (χ0) is 16.4. The van der Waals surface area contributed by atoms with Crippen LogP contribution in [0.4, 0.5) is 13.2 Å². The van der Waals surface area contributed by atoms with Crippen molar-refractivity contribution in [1.82, 2.24) is 15.0 Å². The van der Waals surface area contributed by atoms with Crippen molar-refractivity contribution in [3.05, 3.63) is 35.7 Å². The molecule has 2 aromatic rings. The number of rotatable bonds is 2. The first-order valence-electron chi connectivity index (χ1n) is 6.83. The van der Waals surface area contributed by atoms with E-state index >= 15 is 0 Å². The van der Waals surface area contributed by atoms with E-state index in [0.717, 1.165) is 12.1 Å². The van der Waals surface area contributed by atoms with Gasteiger partial charge in [0.05, 0.1) is 18.8 Å². The molecule has 1 fully saturated rings. The van der Waals surface area contributed by atoms with Gasteiger partial charge in [-0.25, -0.2) is 0 Å². The van der Waals surface area contributed by atoms with Crippen molar-refractivity contribution in [2.45, 2.75) is 6.18 Å². The van der Waals surface area contributed by atoms with Crippen molar-refractivity contribution in [2.24, 2.45) is 0 Å².